The first-order valence-corrected chi connectivity index (χ1v) is 8.28. The fourth-order valence-corrected chi connectivity index (χ4v) is 3.27. The van der Waals surface area contributed by atoms with Crippen molar-refractivity contribution in [2.24, 2.45) is 0 Å². The van der Waals surface area contributed by atoms with E-state index in [9.17, 15) is 19.7 Å². The second-order valence-electron chi connectivity index (χ2n) is 5.78. The maximum Gasteiger partial charge on any atom is 0.338 e. The van der Waals surface area contributed by atoms with Crippen molar-refractivity contribution in [2.45, 2.75) is 12.8 Å². The number of carbonyl (C=O) groups excluding carboxylic acids is 2. The second-order valence-corrected chi connectivity index (χ2v) is 6.18. The molecule has 1 aliphatic heterocycles. The van der Waals surface area contributed by atoms with Crippen LogP contribution in [0.25, 0.3) is 0 Å². The van der Waals surface area contributed by atoms with Crippen LogP contribution in [0.15, 0.2) is 36.4 Å². The van der Waals surface area contributed by atoms with Crippen molar-refractivity contribution >= 4 is 34.9 Å². The van der Waals surface area contributed by atoms with E-state index in [0.717, 1.165) is 5.56 Å². The topological polar surface area (TPSA) is 89.8 Å². The summed E-state index contributed by atoms with van der Waals surface area (Å²) < 4.78 is 4.81. The second kappa shape index (κ2) is 7.13. The lowest BCUT2D eigenvalue weighted by Gasteiger charge is -2.30. The molecule has 0 spiro atoms. The quantitative estimate of drug-likeness (QED) is 0.465. The number of anilines is 1. The van der Waals surface area contributed by atoms with Crippen LogP contribution in [0.3, 0.4) is 0 Å². The number of rotatable bonds is 3. The number of ether oxygens (including phenoxy) is 1. The van der Waals surface area contributed by atoms with Crippen molar-refractivity contribution in [3.8, 4) is 0 Å². The lowest BCUT2D eigenvalue weighted by atomic mass is 9.95. The first-order valence-electron chi connectivity index (χ1n) is 7.90. The summed E-state index contributed by atoms with van der Waals surface area (Å²) >= 11 is 6.10. The van der Waals surface area contributed by atoms with Crippen LogP contribution in [0.2, 0.25) is 5.02 Å². The standard InChI is InChI=1S/C18H15ClN2O5/c1-26-18(23)13-4-2-6-16-12(13)5-3-9-20(16)17(22)14-10-11(21(24)25)7-8-15(14)19/h2,4,6-8,10H,3,5,9H2,1H3. The van der Waals surface area contributed by atoms with E-state index in [1.165, 1.54) is 30.2 Å². The van der Waals surface area contributed by atoms with Crippen LogP contribution in [0.4, 0.5) is 11.4 Å². The number of hydrogen-bond acceptors (Lipinski definition) is 5. The number of amides is 1. The lowest BCUT2D eigenvalue weighted by Crippen LogP contribution is -2.36. The number of esters is 1. The Balaban J connectivity index is 2.05. The molecular formula is C18H15ClN2O5. The molecule has 0 radical (unpaired) electrons. The predicted molar refractivity (Wildman–Crippen MR) is 95.9 cm³/mol. The van der Waals surface area contributed by atoms with Gasteiger partial charge in [0.15, 0.2) is 0 Å². The molecule has 0 fully saturated rings. The monoisotopic (exact) mass is 374 g/mol. The van der Waals surface area contributed by atoms with E-state index in [1.807, 2.05) is 0 Å². The van der Waals surface area contributed by atoms with Gasteiger partial charge in [-0.15, -0.1) is 0 Å². The Morgan fingerprint density at radius 2 is 2.00 bits per heavy atom. The molecule has 1 heterocycles. The number of hydrogen-bond donors (Lipinski definition) is 0. The first-order chi connectivity index (χ1) is 12.4. The number of carbonyl (C=O) groups is 2. The van der Waals surface area contributed by atoms with Gasteiger partial charge in [-0.2, -0.15) is 0 Å². The van der Waals surface area contributed by atoms with Crippen LogP contribution in [0, 0.1) is 10.1 Å². The number of non-ortho nitro benzene ring substituents is 1. The van der Waals surface area contributed by atoms with E-state index >= 15 is 0 Å². The van der Waals surface area contributed by atoms with Crippen molar-refractivity contribution < 1.29 is 19.2 Å². The summed E-state index contributed by atoms with van der Waals surface area (Å²) in [6.45, 7) is 0.426. The van der Waals surface area contributed by atoms with Gasteiger partial charge in [0.25, 0.3) is 11.6 Å². The molecular weight excluding hydrogens is 360 g/mol. The van der Waals surface area contributed by atoms with Gasteiger partial charge in [-0.3, -0.25) is 14.9 Å². The molecule has 26 heavy (non-hydrogen) atoms. The highest BCUT2D eigenvalue weighted by molar-refractivity contribution is 6.34. The number of benzene rings is 2. The molecule has 8 heteroatoms. The summed E-state index contributed by atoms with van der Waals surface area (Å²) in [7, 11) is 1.30. The van der Waals surface area contributed by atoms with Gasteiger partial charge in [-0.1, -0.05) is 17.7 Å². The average Bonchev–Trinajstić information content (AvgIpc) is 2.66. The summed E-state index contributed by atoms with van der Waals surface area (Å²) in [5.74, 6) is -0.911. The van der Waals surface area contributed by atoms with Crippen molar-refractivity contribution in [1.82, 2.24) is 0 Å². The summed E-state index contributed by atoms with van der Waals surface area (Å²) in [6.07, 6.45) is 1.28. The van der Waals surface area contributed by atoms with Gasteiger partial charge in [0, 0.05) is 24.4 Å². The molecule has 1 amide bonds. The Bertz CT molecular complexity index is 912. The molecule has 0 unspecified atom stereocenters. The number of fused-ring (bicyclic) bond motifs is 1. The normalized spacial score (nSPS) is 13.1. The van der Waals surface area contributed by atoms with Gasteiger partial charge in [0.1, 0.15) is 0 Å². The minimum Gasteiger partial charge on any atom is -0.465 e. The van der Waals surface area contributed by atoms with E-state index in [0.29, 0.717) is 30.6 Å². The Labute approximate surface area is 154 Å². The van der Waals surface area contributed by atoms with Gasteiger partial charge in [-0.05, 0) is 36.6 Å². The Hall–Kier alpha value is -2.93. The number of nitro benzene ring substituents is 1. The van der Waals surface area contributed by atoms with Crippen LogP contribution in [0.1, 0.15) is 32.7 Å². The Morgan fingerprint density at radius 1 is 1.23 bits per heavy atom. The molecule has 1 aliphatic rings. The largest absolute Gasteiger partial charge is 0.465 e. The molecule has 0 atom stereocenters. The van der Waals surface area contributed by atoms with Crippen LogP contribution in [0.5, 0.6) is 0 Å². The van der Waals surface area contributed by atoms with Crippen LogP contribution in [-0.2, 0) is 11.2 Å². The van der Waals surface area contributed by atoms with Gasteiger partial charge >= 0.3 is 5.97 Å². The van der Waals surface area contributed by atoms with E-state index in [4.69, 9.17) is 16.3 Å². The maximum absolute atomic E-state index is 13.0. The fourth-order valence-electron chi connectivity index (χ4n) is 3.07. The number of methoxy groups -OCH3 is 1. The third-order valence-corrected chi connectivity index (χ3v) is 4.62. The van der Waals surface area contributed by atoms with Crippen molar-refractivity contribution in [1.29, 1.82) is 0 Å². The molecule has 0 bridgehead atoms. The zero-order chi connectivity index (χ0) is 18.8. The molecule has 0 saturated heterocycles. The zero-order valence-electron chi connectivity index (χ0n) is 13.9. The highest BCUT2D eigenvalue weighted by atomic mass is 35.5. The van der Waals surface area contributed by atoms with Crippen LogP contribution >= 0.6 is 11.6 Å². The summed E-state index contributed by atoms with van der Waals surface area (Å²) in [4.78, 5) is 36.9. The molecule has 3 rings (SSSR count). The summed E-state index contributed by atoms with van der Waals surface area (Å²) in [5.41, 5.74) is 1.57. The zero-order valence-corrected chi connectivity index (χ0v) is 14.7. The van der Waals surface area contributed by atoms with Gasteiger partial charge in [-0.25, -0.2) is 4.79 Å². The third kappa shape index (κ3) is 3.13. The van der Waals surface area contributed by atoms with Crippen LogP contribution < -0.4 is 4.90 Å². The highest BCUT2D eigenvalue weighted by Crippen LogP contribution is 2.33. The predicted octanol–water partition coefficient (Wildman–Crippen LogP) is 3.63. The van der Waals surface area contributed by atoms with Crippen molar-refractivity contribution in [2.75, 3.05) is 18.6 Å². The lowest BCUT2D eigenvalue weighted by molar-refractivity contribution is -0.384. The molecule has 0 N–H and O–H groups in total. The number of nitro groups is 1. The average molecular weight is 375 g/mol. The molecule has 0 aromatic heterocycles. The van der Waals surface area contributed by atoms with Crippen molar-refractivity contribution in [3.05, 3.63) is 68.2 Å². The Morgan fingerprint density at radius 3 is 2.69 bits per heavy atom. The third-order valence-electron chi connectivity index (χ3n) is 4.29. The minimum absolute atomic E-state index is 0.0530. The molecule has 7 nitrogen and oxygen atoms in total. The van der Waals surface area contributed by atoms with Crippen LogP contribution in [-0.4, -0.2) is 30.5 Å². The summed E-state index contributed by atoms with van der Waals surface area (Å²) in [5, 5.41) is 11.1. The molecule has 0 saturated carbocycles. The smallest absolute Gasteiger partial charge is 0.338 e. The van der Waals surface area contributed by atoms with Gasteiger partial charge in [0.05, 0.1) is 28.2 Å². The van der Waals surface area contributed by atoms with Crippen molar-refractivity contribution in [3.63, 3.8) is 0 Å². The minimum atomic E-state index is -0.577. The molecule has 2 aromatic rings. The highest BCUT2D eigenvalue weighted by Gasteiger charge is 2.29. The van der Waals surface area contributed by atoms with E-state index in [2.05, 4.69) is 0 Å². The fraction of sp³-hybridized carbons (Fsp3) is 0.222. The van der Waals surface area contributed by atoms with E-state index < -0.39 is 16.8 Å². The molecule has 134 valence electrons. The van der Waals surface area contributed by atoms with Gasteiger partial charge < -0.3 is 9.64 Å². The van der Waals surface area contributed by atoms with E-state index in [1.54, 1.807) is 18.2 Å². The van der Waals surface area contributed by atoms with Gasteiger partial charge in [0.2, 0.25) is 0 Å². The SMILES string of the molecule is COC(=O)c1cccc2c1CCCN2C(=O)c1cc([N+](=O)[O-])ccc1Cl. The Kier molecular flexibility index (Phi) is 4.90. The number of nitrogens with zero attached hydrogens (tertiary/aromatic N) is 2. The number of halogens is 1. The molecule has 0 aliphatic carbocycles. The maximum atomic E-state index is 13.0. The summed E-state index contributed by atoms with van der Waals surface area (Å²) in [6, 6.07) is 8.82. The van der Waals surface area contributed by atoms with E-state index in [-0.39, 0.29) is 16.3 Å². The first kappa shape index (κ1) is 17.9. The molecule has 2 aromatic carbocycles.